The van der Waals surface area contributed by atoms with Crippen LogP contribution in [0, 0.1) is 5.82 Å². The third-order valence-electron chi connectivity index (χ3n) is 1.92. The van der Waals surface area contributed by atoms with Gasteiger partial charge >= 0.3 is 11.9 Å². The Hall–Kier alpha value is -1.56. The van der Waals surface area contributed by atoms with Gasteiger partial charge in [-0.15, -0.1) is 11.8 Å². The number of carbonyl (C=O) groups excluding carboxylic acids is 1. The zero-order valence-corrected chi connectivity index (χ0v) is 11.7. The SMILES string of the molecule is CC(C)(C)OC(=O)c1ccc(SCC(=O)O)c(F)c1. The number of aliphatic carboxylic acids is 1. The van der Waals surface area contributed by atoms with Crippen LogP contribution in [-0.4, -0.2) is 28.4 Å². The van der Waals surface area contributed by atoms with E-state index >= 15 is 0 Å². The van der Waals surface area contributed by atoms with Crippen LogP contribution in [0.25, 0.3) is 0 Å². The second kappa shape index (κ2) is 6.06. The number of rotatable bonds is 4. The highest BCUT2D eigenvalue weighted by Crippen LogP contribution is 2.23. The van der Waals surface area contributed by atoms with E-state index in [9.17, 15) is 14.0 Å². The lowest BCUT2D eigenvalue weighted by Gasteiger charge is -2.19. The van der Waals surface area contributed by atoms with Crippen LogP contribution in [0.5, 0.6) is 0 Å². The minimum absolute atomic E-state index is 0.104. The van der Waals surface area contributed by atoms with Crippen LogP contribution in [0.1, 0.15) is 31.1 Å². The summed E-state index contributed by atoms with van der Waals surface area (Å²) in [6.07, 6.45) is 0. The molecule has 6 heteroatoms. The van der Waals surface area contributed by atoms with Crippen molar-refractivity contribution < 1.29 is 23.8 Å². The Labute approximate surface area is 115 Å². The molecular weight excluding hydrogens is 271 g/mol. The first-order valence-corrected chi connectivity index (χ1v) is 6.55. The van der Waals surface area contributed by atoms with Gasteiger partial charge in [0.15, 0.2) is 0 Å². The van der Waals surface area contributed by atoms with Gasteiger partial charge in [0.25, 0.3) is 0 Å². The lowest BCUT2D eigenvalue weighted by molar-refractivity contribution is -0.133. The summed E-state index contributed by atoms with van der Waals surface area (Å²) in [6.45, 7) is 5.16. The molecule has 1 aromatic carbocycles. The van der Waals surface area contributed by atoms with Gasteiger partial charge in [-0.2, -0.15) is 0 Å². The summed E-state index contributed by atoms with van der Waals surface area (Å²) in [5, 5.41) is 8.52. The van der Waals surface area contributed by atoms with Crippen molar-refractivity contribution in [2.24, 2.45) is 0 Å². The van der Waals surface area contributed by atoms with Crippen molar-refractivity contribution in [2.45, 2.75) is 31.3 Å². The highest BCUT2D eigenvalue weighted by molar-refractivity contribution is 8.00. The summed E-state index contributed by atoms with van der Waals surface area (Å²) in [5.74, 6) is -2.50. The molecule has 0 radical (unpaired) electrons. The lowest BCUT2D eigenvalue weighted by atomic mass is 10.1. The van der Waals surface area contributed by atoms with Gasteiger partial charge in [0.05, 0.1) is 11.3 Å². The second-order valence-electron chi connectivity index (χ2n) is 4.83. The van der Waals surface area contributed by atoms with Gasteiger partial charge in [0.2, 0.25) is 0 Å². The van der Waals surface area contributed by atoms with Crippen molar-refractivity contribution in [3.05, 3.63) is 29.6 Å². The van der Waals surface area contributed by atoms with Gasteiger partial charge in [0, 0.05) is 4.90 Å². The fourth-order valence-electron chi connectivity index (χ4n) is 1.22. The van der Waals surface area contributed by atoms with Gasteiger partial charge in [-0.25, -0.2) is 9.18 Å². The Morgan fingerprint density at radius 1 is 1.37 bits per heavy atom. The summed E-state index contributed by atoms with van der Waals surface area (Å²) < 4.78 is 18.8. The molecule has 0 aliphatic rings. The summed E-state index contributed by atoms with van der Waals surface area (Å²) >= 11 is 0.862. The molecule has 0 fully saturated rings. The second-order valence-corrected chi connectivity index (χ2v) is 5.85. The lowest BCUT2D eigenvalue weighted by Crippen LogP contribution is -2.23. The molecule has 19 heavy (non-hydrogen) atoms. The van der Waals surface area contributed by atoms with Crippen molar-refractivity contribution in [1.29, 1.82) is 0 Å². The monoisotopic (exact) mass is 286 g/mol. The number of carbonyl (C=O) groups is 2. The highest BCUT2D eigenvalue weighted by Gasteiger charge is 2.19. The summed E-state index contributed by atoms with van der Waals surface area (Å²) in [5.41, 5.74) is -0.545. The van der Waals surface area contributed by atoms with Gasteiger partial charge in [-0.1, -0.05) is 0 Å². The van der Waals surface area contributed by atoms with E-state index in [-0.39, 0.29) is 16.2 Å². The molecule has 0 aromatic heterocycles. The first-order valence-electron chi connectivity index (χ1n) is 5.56. The van der Waals surface area contributed by atoms with E-state index in [2.05, 4.69) is 0 Å². The number of halogens is 1. The maximum absolute atomic E-state index is 13.7. The van der Waals surface area contributed by atoms with Crippen LogP contribution in [0.4, 0.5) is 4.39 Å². The fraction of sp³-hybridized carbons (Fsp3) is 0.385. The average Bonchev–Trinajstić information content (AvgIpc) is 2.24. The van der Waals surface area contributed by atoms with E-state index in [1.54, 1.807) is 20.8 Å². The maximum Gasteiger partial charge on any atom is 0.338 e. The standard InChI is InChI=1S/C13H15FO4S/c1-13(2,3)18-12(17)8-4-5-10(9(14)6-8)19-7-11(15)16/h4-6H,7H2,1-3H3,(H,15,16). The van der Waals surface area contributed by atoms with Crippen molar-refractivity contribution in [3.63, 3.8) is 0 Å². The number of thioether (sulfide) groups is 1. The molecule has 0 bridgehead atoms. The van der Waals surface area contributed by atoms with Crippen LogP contribution in [0.2, 0.25) is 0 Å². The number of benzene rings is 1. The highest BCUT2D eigenvalue weighted by atomic mass is 32.2. The quantitative estimate of drug-likeness (QED) is 0.681. The molecule has 1 N–H and O–H groups in total. The summed E-state index contributed by atoms with van der Waals surface area (Å²) in [6, 6.07) is 3.85. The molecule has 1 rings (SSSR count). The number of carboxylic acids is 1. The van der Waals surface area contributed by atoms with Gasteiger partial charge in [-0.3, -0.25) is 4.79 Å². The summed E-state index contributed by atoms with van der Waals surface area (Å²) in [7, 11) is 0. The first-order chi connectivity index (χ1) is 8.69. The molecule has 0 atom stereocenters. The maximum atomic E-state index is 13.7. The third kappa shape index (κ3) is 5.30. The van der Waals surface area contributed by atoms with Gasteiger partial charge in [0.1, 0.15) is 11.4 Å². The molecule has 4 nitrogen and oxygen atoms in total. The Morgan fingerprint density at radius 2 is 2.00 bits per heavy atom. The predicted octanol–water partition coefficient (Wildman–Crippen LogP) is 2.96. The molecule has 0 heterocycles. The number of ether oxygens (including phenoxy) is 1. The third-order valence-corrected chi connectivity index (χ3v) is 2.95. The number of hydrogen-bond acceptors (Lipinski definition) is 4. The van der Waals surface area contributed by atoms with Crippen molar-refractivity contribution in [1.82, 2.24) is 0 Å². The molecule has 0 aliphatic carbocycles. The minimum atomic E-state index is -1.03. The molecular formula is C13H15FO4S. The zero-order valence-electron chi connectivity index (χ0n) is 10.9. The van der Waals surface area contributed by atoms with Crippen molar-refractivity contribution >= 4 is 23.7 Å². The molecule has 104 valence electrons. The van der Waals surface area contributed by atoms with Crippen LogP contribution in [0.3, 0.4) is 0 Å². The molecule has 0 unspecified atom stereocenters. The van der Waals surface area contributed by atoms with E-state index in [0.717, 1.165) is 17.8 Å². The normalized spacial score (nSPS) is 11.2. The largest absolute Gasteiger partial charge is 0.481 e. The Bertz CT molecular complexity index is 494. The van der Waals surface area contributed by atoms with Gasteiger partial charge in [-0.05, 0) is 39.0 Å². The Morgan fingerprint density at radius 3 is 2.47 bits per heavy atom. The van der Waals surface area contributed by atoms with E-state index in [1.165, 1.54) is 12.1 Å². The van der Waals surface area contributed by atoms with Gasteiger partial charge < -0.3 is 9.84 Å². The van der Waals surface area contributed by atoms with E-state index < -0.39 is 23.4 Å². The van der Waals surface area contributed by atoms with Crippen LogP contribution in [0.15, 0.2) is 23.1 Å². The van der Waals surface area contributed by atoms with Crippen LogP contribution >= 0.6 is 11.8 Å². The fourth-order valence-corrected chi connectivity index (χ4v) is 1.86. The predicted molar refractivity (Wildman–Crippen MR) is 69.9 cm³/mol. The van der Waals surface area contributed by atoms with E-state index in [1.807, 2.05) is 0 Å². The smallest absolute Gasteiger partial charge is 0.338 e. The minimum Gasteiger partial charge on any atom is -0.481 e. The molecule has 0 amide bonds. The van der Waals surface area contributed by atoms with Crippen molar-refractivity contribution in [3.8, 4) is 0 Å². The number of carboxylic acid groups (broad SMARTS) is 1. The molecule has 0 aliphatic heterocycles. The van der Waals surface area contributed by atoms with E-state index in [4.69, 9.17) is 9.84 Å². The number of hydrogen-bond donors (Lipinski definition) is 1. The Kier molecular flexibility index (Phi) is 4.94. The Balaban J connectivity index is 2.81. The molecule has 0 spiro atoms. The topological polar surface area (TPSA) is 63.6 Å². The molecule has 0 saturated carbocycles. The van der Waals surface area contributed by atoms with Crippen molar-refractivity contribution in [2.75, 3.05) is 5.75 Å². The zero-order chi connectivity index (χ0) is 14.6. The van der Waals surface area contributed by atoms with E-state index in [0.29, 0.717) is 0 Å². The molecule has 1 aromatic rings. The molecule has 0 saturated heterocycles. The summed E-state index contributed by atoms with van der Waals surface area (Å²) in [4.78, 5) is 22.3. The number of esters is 1. The van der Waals surface area contributed by atoms with Crippen LogP contribution in [-0.2, 0) is 9.53 Å². The first kappa shape index (κ1) is 15.5. The van der Waals surface area contributed by atoms with Crippen LogP contribution < -0.4 is 0 Å². The average molecular weight is 286 g/mol.